The Balaban J connectivity index is 1.37. The van der Waals surface area contributed by atoms with Crippen LogP contribution in [0.25, 0.3) is 11.2 Å². The van der Waals surface area contributed by atoms with Crippen molar-refractivity contribution in [2.75, 3.05) is 37.6 Å². The summed E-state index contributed by atoms with van der Waals surface area (Å²) in [6.07, 6.45) is 1.64. The third-order valence-electron chi connectivity index (χ3n) is 4.58. The maximum Gasteiger partial charge on any atom is 0.421 e. The molecule has 124 valence electrons. The van der Waals surface area contributed by atoms with Crippen molar-refractivity contribution in [3.05, 3.63) is 59.2 Å². The van der Waals surface area contributed by atoms with Crippen LogP contribution >= 0.6 is 0 Å². The summed E-state index contributed by atoms with van der Waals surface area (Å²) in [7, 11) is 0. The van der Waals surface area contributed by atoms with E-state index in [0.717, 1.165) is 38.2 Å². The van der Waals surface area contributed by atoms with E-state index in [-0.39, 0.29) is 5.76 Å². The van der Waals surface area contributed by atoms with Gasteiger partial charge < -0.3 is 9.32 Å². The highest BCUT2D eigenvalue weighted by Gasteiger charge is 2.18. The molecule has 1 aliphatic heterocycles. The zero-order valence-corrected chi connectivity index (χ0v) is 13.5. The molecule has 3 heterocycles. The van der Waals surface area contributed by atoms with Crippen molar-refractivity contribution in [3.63, 3.8) is 0 Å². The standard InChI is InChI=1S/C18H20N4O2/c23-18-22(16-7-4-8-19-17(16)24-18)14-11-20-9-12-21(13-10-20)15-5-2-1-3-6-15/h1-8H,9-14H2. The molecule has 0 saturated carbocycles. The first-order chi connectivity index (χ1) is 11.8. The van der Waals surface area contributed by atoms with E-state index < -0.39 is 0 Å². The minimum Gasteiger partial charge on any atom is -0.389 e. The molecule has 4 rings (SSSR count). The molecular formula is C18H20N4O2. The number of para-hydroxylation sites is 1. The molecule has 6 nitrogen and oxygen atoms in total. The van der Waals surface area contributed by atoms with Crippen LogP contribution in [0, 0.1) is 0 Å². The van der Waals surface area contributed by atoms with Crippen LogP contribution in [0.1, 0.15) is 0 Å². The lowest BCUT2D eigenvalue weighted by Gasteiger charge is -2.36. The summed E-state index contributed by atoms with van der Waals surface area (Å²) >= 11 is 0. The Bertz CT molecular complexity index is 863. The van der Waals surface area contributed by atoms with Gasteiger partial charge in [0.05, 0.1) is 0 Å². The summed E-state index contributed by atoms with van der Waals surface area (Å²) in [4.78, 5) is 20.9. The fourth-order valence-corrected chi connectivity index (χ4v) is 3.22. The predicted octanol–water partition coefficient (Wildman–Crippen LogP) is 1.81. The zero-order chi connectivity index (χ0) is 16.4. The fourth-order valence-electron chi connectivity index (χ4n) is 3.22. The Morgan fingerprint density at radius 1 is 0.958 bits per heavy atom. The van der Waals surface area contributed by atoms with Gasteiger partial charge in [0.1, 0.15) is 5.52 Å². The lowest BCUT2D eigenvalue weighted by atomic mass is 10.2. The molecule has 24 heavy (non-hydrogen) atoms. The van der Waals surface area contributed by atoms with Crippen LogP contribution in [0.3, 0.4) is 0 Å². The van der Waals surface area contributed by atoms with E-state index in [9.17, 15) is 4.79 Å². The molecule has 0 amide bonds. The van der Waals surface area contributed by atoms with Crippen molar-refractivity contribution in [1.29, 1.82) is 0 Å². The number of fused-ring (bicyclic) bond motifs is 1. The Labute approximate surface area is 139 Å². The molecular weight excluding hydrogens is 304 g/mol. The van der Waals surface area contributed by atoms with Crippen LogP contribution in [0.5, 0.6) is 0 Å². The first-order valence-corrected chi connectivity index (χ1v) is 8.28. The summed E-state index contributed by atoms with van der Waals surface area (Å²) < 4.78 is 6.86. The number of pyridine rings is 1. The maximum atomic E-state index is 12.0. The van der Waals surface area contributed by atoms with Gasteiger partial charge in [0.25, 0.3) is 0 Å². The van der Waals surface area contributed by atoms with E-state index in [1.54, 1.807) is 10.8 Å². The van der Waals surface area contributed by atoms with E-state index in [2.05, 4.69) is 39.0 Å². The second-order valence-corrected chi connectivity index (χ2v) is 6.01. The smallest absolute Gasteiger partial charge is 0.389 e. The molecule has 0 aliphatic carbocycles. The van der Waals surface area contributed by atoms with Crippen molar-refractivity contribution >= 4 is 16.9 Å². The van der Waals surface area contributed by atoms with Crippen LogP contribution < -0.4 is 10.7 Å². The topological polar surface area (TPSA) is 54.5 Å². The van der Waals surface area contributed by atoms with Gasteiger partial charge in [-0.15, -0.1) is 0 Å². The highest BCUT2D eigenvalue weighted by molar-refractivity contribution is 5.67. The number of aromatic nitrogens is 2. The number of benzene rings is 1. The van der Waals surface area contributed by atoms with Crippen LogP contribution in [0.15, 0.2) is 57.9 Å². The molecule has 0 spiro atoms. The van der Waals surface area contributed by atoms with E-state index >= 15 is 0 Å². The van der Waals surface area contributed by atoms with Gasteiger partial charge in [0, 0.05) is 51.2 Å². The Morgan fingerprint density at radius 2 is 1.75 bits per heavy atom. The third-order valence-corrected chi connectivity index (χ3v) is 4.58. The Hall–Kier alpha value is -2.60. The molecule has 0 N–H and O–H groups in total. The summed E-state index contributed by atoms with van der Waals surface area (Å²) in [5, 5.41) is 0. The summed E-state index contributed by atoms with van der Waals surface area (Å²) in [5.41, 5.74) is 2.46. The lowest BCUT2D eigenvalue weighted by Crippen LogP contribution is -2.47. The van der Waals surface area contributed by atoms with Crippen molar-refractivity contribution in [1.82, 2.24) is 14.5 Å². The molecule has 3 aromatic rings. The molecule has 1 aliphatic rings. The minimum absolute atomic E-state index is 0.327. The number of oxazole rings is 1. The first-order valence-electron chi connectivity index (χ1n) is 8.28. The van der Waals surface area contributed by atoms with Crippen LogP contribution in [-0.2, 0) is 6.54 Å². The fraction of sp³-hybridized carbons (Fsp3) is 0.333. The minimum atomic E-state index is -0.327. The van der Waals surface area contributed by atoms with Gasteiger partial charge in [-0.1, -0.05) is 18.2 Å². The molecule has 6 heteroatoms. The molecule has 0 unspecified atom stereocenters. The average Bonchev–Trinajstić information content (AvgIpc) is 2.96. The van der Waals surface area contributed by atoms with Gasteiger partial charge in [0.15, 0.2) is 0 Å². The molecule has 0 bridgehead atoms. The number of anilines is 1. The molecule has 1 aromatic carbocycles. The van der Waals surface area contributed by atoms with Crippen molar-refractivity contribution in [3.8, 4) is 0 Å². The summed E-state index contributed by atoms with van der Waals surface area (Å²) in [6.45, 7) is 5.48. The Kier molecular flexibility index (Phi) is 4.04. The van der Waals surface area contributed by atoms with E-state index in [1.807, 2.05) is 18.2 Å². The van der Waals surface area contributed by atoms with Gasteiger partial charge in [-0.3, -0.25) is 9.47 Å². The van der Waals surface area contributed by atoms with Gasteiger partial charge in [-0.05, 0) is 24.3 Å². The second-order valence-electron chi connectivity index (χ2n) is 6.01. The maximum absolute atomic E-state index is 12.0. The number of piperazine rings is 1. The number of hydrogen-bond donors (Lipinski definition) is 0. The molecule has 1 fully saturated rings. The van der Waals surface area contributed by atoms with Crippen molar-refractivity contribution < 1.29 is 4.42 Å². The zero-order valence-electron chi connectivity index (χ0n) is 13.5. The summed E-state index contributed by atoms with van der Waals surface area (Å²) in [6, 6.07) is 14.2. The Morgan fingerprint density at radius 3 is 2.54 bits per heavy atom. The third kappa shape index (κ3) is 2.92. The number of rotatable bonds is 4. The lowest BCUT2D eigenvalue weighted by molar-refractivity contribution is 0.246. The highest BCUT2D eigenvalue weighted by Crippen LogP contribution is 2.15. The molecule has 2 aromatic heterocycles. The van der Waals surface area contributed by atoms with Crippen LogP contribution in [-0.4, -0.2) is 47.2 Å². The molecule has 0 atom stereocenters. The van der Waals surface area contributed by atoms with Crippen molar-refractivity contribution in [2.45, 2.75) is 6.54 Å². The van der Waals surface area contributed by atoms with E-state index in [0.29, 0.717) is 12.3 Å². The normalized spacial score (nSPS) is 15.9. The van der Waals surface area contributed by atoms with Crippen molar-refractivity contribution in [2.24, 2.45) is 0 Å². The largest absolute Gasteiger partial charge is 0.421 e. The number of nitrogens with zero attached hydrogens (tertiary/aromatic N) is 4. The van der Waals surface area contributed by atoms with Gasteiger partial charge >= 0.3 is 5.76 Å². The average molecular weight is 324 g/mol. The molecule has 0 radical (unpaired) electrons. The molecule has 1 saturated heterocycles. The van der Waals surface area contributed by atoms with E-state index in [4.69, 9.17) is 4.42 Å². The van der Waals surface area contributed by atoms with Gasteiger partial charge in [-0.2, -0.15) is 0 Å². The quantitative estimate of drug-likeness (QED) is 0.733. The van der Waals surface area contributed by atoms with E-state index in [1.165, 1.54) is 5.69 Å². The van der Waals surface area contributed by atoms with Crippen LogP contribution in [0.4, 0.5) is 5.69 Å². The number of hydrogen-bond acceptors (Lipinski definition) is 5. The first kappa shape index (κ1) is 15.0. The van der Waals surface area contributed by atoms with Crippen LogP contribution in [0.2, 0.25) is 0 Å². The highest BCUT2D eigenvalue weighted by atomic mass is 16.4. The van der Waals surface area contributed by atoms with Gasteiger partial charge in [0.2, 0.25) is 5.71 Å². The second kappa shape index (κ2) is 6.49. The summed E-state index contributed by atoms with van der Waals surface area (Å²) in [5.74, 6) is -0.327. The van der Waals surface area contributed by atoms with Gasteiger partial charge in [-0.25, -0.2) is 9.78 Å². The monoisotopic (exact) mass is 324 g/mol. The predicted molar refractivity (Wildman–Crippen MR) is 93.4 cm³/mol. The SMILES string of the molecule is O=c1oc2ncccc2n1CCN1CCN(c2ccccc2)CC1.